The highest BCUT2D eigenvalue weighted by molar-refractivity contribution is 5.85. The van der Waals surface area contributed by atoms with Crippen molar-refractivity contribution < 1.29 is 14.7 Å². The molecule has 1 atom stereocenters. The van der Waals surface area contributed by atoms with Crippen LogP contribution in [0.4, 0.5) is 0 Å². The zero-order valence-corrected chi connectivity index (χ0v) is 12.3. The Morgan fingerprint density at radius 2 is 1.95 bits per heavy atom. The molecule has 1 aromatic heterocycles. The number of carbonyl (C=O) groups excluding carboxylic acids is 1. The number of rotatable bonds is 3. The number of carboxylic acids is 1. The van der Waals surface area contributed by atoms with Crippen molar-refractivity contribution in [1.82, 2.24) is 14.7 Å². The molecule has 0 fully saturated rings. The topological polar surface area (TPSA) is 75.4 Å². The number of hydrogen-bond donors (Lipinski definition) is 1. The Morgan fingerprint density at radius 1 is 1.23 bits per heavy atom. The van der Waals surface area contributed by atoms with E-state index in [9.17, 15) is 9.59 Å². The summed E-state index contributed by atoms with van der Waals surface area (Å²) in [5.41, 5.74) is 2.40. The lowest BCUT2D eigenvalue weighted by Gasteiger charge is -2.31. The normalized spacial score (nSPS) is 15.2. The Morgan fingerprint density at radius 3 is 2.64 bits per heavy atom. The fourth-order valence-corrected chi connectivity index (χ4v) is 2.73. The molecule has 0 saturated carbocycles. The number of benzene rings is 1. The van der Waals surface area contributed by atoms with Gasteiger partial charge in [0, 0.05) is 19.3 Å². The van der Waals surface area contributed by atoms with Gasteiger partial charge >= 0.3 is 5.97 Å². The van der Waals surface area contributed by atoms with E-state index < -0.39 is 12.0 Å². The molecule has 0 aliphatic carbocycles. The molecule has 1 N–H and O–H groups in total. The van der Waals surface area contributed by atoms with Crippen LogP contribution in [0.25, 0.3) is 0 Å². The molecule has 3 rings (SSSR count). The van der Waals surface area contributed by atoms with E-state index in [2.05, 4.69) is 11.2 Å². The number of carbonyl (C=O) groups is 2. The average molecular weight is 299 g/mol. The molecule has 114 valence electrons. The van der Waals surface area contributed by atoms with Crippen LogP contribution in [0, 0.1) is 0 Å². The number of nitrogens with zero attached hydrogens (tertiary/aromatic N) is 3. The average Bonchev–Trinajstić information content (AvgIpc) is 3.03. The summed E-state index contributed by atoms with van der Waals surface area (Å²) in [4.78, 5) is 25.3. The molecule has 6 nitrogen and oxygen atoms in total. The van der Waals surface area contributed by atoms with Gasteiger partial charge in [-0.25, -0.2) is 4.79 Å². The molecule has 1 unspecified atom stereocenters. The Labute approximate surface area is 128 Å². The van der Waals surface area contributed by atoms with Crippen LogP contribution in [0.15, 0.2) is 36.5 Å². The summed E-state index contributed by atoms with van der Waals surface area (Å²) in [5, 5.41) is 12.8. The van der Waals surface area contributed by atoms with Crippen LogP contribution in [0.1, 0.15) is 34.6 Å². The Hall–Kier alpha value is -2.63. The van der Waals surface area contributed by atoms with Crippen molar-refractivity contribution in [3.8, 4) is 0 Å². The van der Waals surface area contributed by atoms with Crippen molar-refractivity contribution in [2.45, 2.75) is 25.9 Å². The minimum atomic E-state index is -1.09. The van der Waals surface area contributed by atoms with Crippen molar-refractivity contribution in [1.29, 1.82) is 0 Å². The van der Waals surface area contributed by atoms with Gasteiger partial charge in [-0.3, -0.25) is 9.48 Å². The number of aromatic nitrogens is 2. The second-order valence-corrected chi connectivity index (χ2v) is 5.44. The van der Waals surface area contributed by atoms with Crippen LogP contribution in [-0.2, 0) is 17.8 Å². The van der Waals surface area contributed by atoms with E-state index in [1.807, 2.05) is 18.2 Å². The summed E-state index contributed by atoms with van der Waals surface area (Å²) >= 11 is 0. The molecule has 0 saturated heterocycles. The number of amides is 1. The third-order valence-corrected chi connectivity index (χ3v) is 4.02. The lowest BCUT2D eigenvalue weighted by molar-refractivity contribution is -0.135. The molecule has 22 heavy (non-hydrogen) atoms. The molecular weight excluding hydrogens is 282 g/mol. The third kappa shape index (κ3) is 2.59. The predicted molar refractivity (Wildman–Crippen MR) is 79.5 cm³/mol. The zero-order valence-electron chi connectivity index (χ0n) is 12.3. The summed E-state index contributed by atoms with van der Waals surface area (Å²) in [7, 11) is 0. The van der Waals surface area contributed by atoms with Crippen LogP contribution in [0.2, 0.25) is 0 Å². The minimum absolute atomic E-state index is 0.0467. The highest BCUT2D eigenvalue weighted by atomic mass is 16.4. The van der Waals surface area contributed by atoms with Crippen molar-refractivity contribution >= 4 is 11.9 Å². The molecule has 0 spiro atoms. The van der Waals surface area contributed by atoms with Crippen molar-refractivity contribution in [3.05, 3.63) is 53.3 Å². The van der Waals surface area contributed by atoms with Gasteiger partial charge in [0.05, 0.1) is 0 Å². The standard InChI is InChI=1S/C16H17N3O3/c1-11(19-9-7-14(17-19)16(21)22)15(20)18-8-6-12-4-2-3-5-13(12)10-18/h2-5,7,9,11H,6,8,10H2,1H3,(H,21,22). The lowest BCUT2D eigenvalue weighted by atomic mass is 9.99. The molecule has 1 aromatic carbocycles. The zero-order chi connectivity index (χ0) is 15.7. The monoisotopic (exact) mass is 299 g/mol. The summed E-state index contributed by atoms with van der Waals surface area (Å²) < 4.78 is 1.41. The molecule has 2 aromatic rings. The van der Waals surface area contributed by atoms with E-state index in [0.29, 0.717) is 13.1 Å². The highest BCUT2D eigenvalue weighted by Crippen LogP contribution is 2.21. The smallest absolute Gasteiger partial charge is 0.356 e. The van der Waals surface area contributed by atoms with Gasteiger partial charge in [0.25, 0.3) is 0 Å². The SMILES string of the molecule is CC(C(=O)N1CCc2ccccc2C1)n1ccc(C(=O)O)n1. The van der Waals surface area contributed by atoms with E-state index in [4.69, 9.17) is 5.11 Å². The minimum Gasteiger partial charge on any atom is -0.476 e. The van der Waals surface area contributed by atoms with Crippen LogP contribution >= 0.6 is 0 Å². The number of hydrogen-bond acceptors (Lipinski definition) is 3. The van der Waals surface area contributed by atoms with Crippen molar-refractivity contribution in [2.75, 3.05) is 6.54 Å². The maximum absolute atomic E-state index is 12.6. The number of fused-ring (bicyclic) bond motifs is 1. The van der Waals surface area contributed by atoms with Gasteiger partial charge in [0.15, 0.2) is 5.69 Å². The maximum Gasteiger partial charge on any atom is 0.356 e. The van der Waals surface area contributed by atoms with Gasteiger partial charge in [-0.15, -0.1) is 0 Å². The maximum atomic E-state index is 12.6. The Balaban J connectivity index is 1.75. The molecule has 0 radical (unpaired) electrons. The van der Waals surface area contributed by atoms with E-state index in [-0.39, 0.29) is 11.6 Å². The third-order valence-electron chi connectivity index (χ3n) is 4.02. The second kappa shape index (κ2) is 5.63. The molecular formula is C16H17N3O3. The van der Waals surface area contributed by atoms with Gasteiger partial charge in [0.1, 0.15) is 6.04 Å². The van der Waals surface area contributed by atoms with Crippen LogP contribution in [0.5, 0.6) is 0 Å². The second-order valence-electron chi connectivity index (χ2n) is 5.44. The largest absolute Gasteiger partial charge is 0.476 e. The van der Waals surface area contributed by atoms with E-state index in [0.717, 1.165) is 6.42 Å². The first-order valence-electron chi connectivity index (χ1n) is 7.20. The van der Waals surface area contributed by atoms with E-state index >= 15 is 0 Å². The van der Waals surface area contributed by atoms with E-state index in [1.54, 1.807) is 11.8 Å². The summed E-state index contributed by atoms with van der Waals surface area (Å²) in [6.45, 7) is 3.00. The molecule has 2 heterocycles. The number of carboxylic acid groups (broad SMARTS) is 1. The summed E-state index contributed by atoms with van der Waals surface area (Å²) in [6.07, 6.45) is 2.37. The Bertz CT molecular complexity index is 723. The molecule has 1 aliphatic rings. The summed E-state index contributed by atoms with van der Waals surface area (Å²) in [6, 6.07) is 9.00. The van der Waals surface area contributed by atoms with Gasteiger partial charge in [-0.2, -0.15) is 5.10 Å². The first-order chi connectivity index (χ1) is 10.6. The Kier molecular flexibility index (Phi) is 3.66. The van der Waals surface area contributed by atoms with Crippen LogP contribution in [0.3, 0.4) is 0 Å². The highest BCUT2D eigenvalue weighted by Gasteiger charge is 2.26. The van der Waals surface area contributed by atoms with Crippen molar-refractivity contribution in [2.24, 2.45) is 0 Å². The van der Waals surface area contributed by atoms with Gasteiger partial charge in [0.2, 0.25) is 5.91 Å². The lowest BCUT2D eigenvalue weighted by Crippen LogP contribution is -2.39. The van der Waals surface area contributed by atoms with Gasteiger partial charge < -0.3 is 10.0 Å². The first kappa shape index (κ1) is 14.3. The van der Waals surface area contributed by atoms with E-state index in [1.165, 1.54) is 28.1 Å². The first-order valence-corrected chi connectivity index (χ1v) is 7.20. The molecule has 1 amide bonds. The molecule has 0 bridgehead atoms. The van der Waals surface area contributed by atoms with Crippen molar-refractivity contribution in [3.63, 3.8) is 0 Å². The quantitative estimate of drug-likeness (QED) is 0.936. The number of aromatic carboxylic acids is 1. The van der Waals surface area contributed by atoms with Crippen LogP contribution in [-0.4, -0.2) is 38.2 Å². The van der Waals surface area contributed by atoms with Gasteiger partial charge in [-0.05, 0) is 30.5 Å². The van der Waals surface area contributed by atoms with Gasteiger partial charge in [-0.1, -0.05) is 24.3 Å². The fraction of sp³-hybridized carbons (Fsp3) is 0.312. The molecule has 6 heteroatoms. The fourth-order valence-electron chi connectivity index (χ4n) is 2.73. The molecule has 1 aliphatic heterocycles. The van der Waals surface area contributed by atoms with Crippen LogP contribution < -0.4 is 0 Å². The summed E-state index contributed by atoms with van der Waals surface area (Å²) in [5.74, 6) is -1.14. The predicted octanol–water partition coefficient (Wildman–Crippen LogP) is 1.73.